The Hall–Kier alpha value is -3.58. The Kier molecular flexibility index (Phi) is 7.26. The molecule has 184 valence electrons. The normalized spacial score (nSPS) is 11.0. The number of nitrogens with one attached hydrogen (secondary N) is 1. The fourth-order valence-electron chi connectivity index (χ4n) is 3.37. The van der Waals surface area contributed by atoms with Crippen molar-refractivity contribution in [3.05, 3.63) is 38.8 Å². The van der Waals surface area contributed by atoms with Gasteiger partial charge in [0.25, 0.3) is 10.8 Å². The monoisotopic (exact) mass is 518 g/mol. The van der Waals surface area contributed by atoms with Crippen LogP contribution in [0.2, 0.25) is 0 Å². The number of benzene rings is 1. The molecule has 4 aromatic rings. The van der Waals surface area contributed by atoms with Crippen LogP contribution in [0.15, 0.2) is 26.6 Å². The quantitative estimate of drug-likeness (QED) is 0.255. The standard InChI is InChI=1S/C22H22N4O7S2/c1-6-32-21(28)17-10(2)15-18(27)23-14(24-20(15)35-17)9-34-22-26-25-19(33-22)11-7-12(29-3)16(31-5)13(8-11)30-4/h7-8H,6,9H2,1-5H3,(H,23,24,27). The Morgan fingerprint density at radius 3 is 2.49 bits per heavy atom. The summed E-state index contributed by atoms with van der Waals surface area (Å²) in [5.41, 5.74) is 0.828. The number of ether oxygens (including phenoxy) is 4. The van der Waals surface area contributed by atoms with Crippen LogP contribution in [-0.2, 0) is 10.5 Å². The topological polar surface area (TPSA) is 139 Å². The van der Waals surface area contributed by atoms with Crippen LogP contribution in [0.5, 0.6) is 17.2 Å². The number of methoxy groups -OCH3 is 3. The summed E-state index contributed by atoms with van der Waals surface area (Å²) < 4.78 is 26.9. The Labute approximate surface area is 207 Å². The minimum Gasteiger partial charge on any atom is -0.493 e. The second-order valence-corrected chi connectivity index (χ2v) is 8.97. The molecule has 0 spiro atoms. The first-order valence-electron chi connectivity index (χ1n) is 10.4. The second kappa shape index (κ2) is 10.4. The predicted molar refractivity (Wildman–Crippen MR) is 130 cm³/mol. The van der Waals surface area contributed by atoms with E-state index in [4.69, 9.17) is 23.4 Å². The van der Waals surface area contributed by atoms with Crippen LogP contribution < -0.4 is 19.8 Å². The average molecular weight is 519 g/mol. The molecule has 4 rings (SSSR count). The van der Waals surface area contributed by atoms with Crippen molar-refractivity contribution in [2.24, 2.45) is 0 Å². The largest absolute Gasteiger partial charge is 0.493 e. The molecule has 0 atom stereocenters. The molecular formula is C22H22N4O7S2. The first-order valence-corrected chi connectivity index (χ1v) is 12.2. The summed E-state index contributed by atoms with van der Waals surface area (Å²) in [6.07, 6.45) is 0. The number of rotatable bonds is 9. The first kappa shape index (κ1) is 24.5. The molecule has 35 heavy (non-hydrogen) atoms. The molecule has 3 heterocycles. The van der Waals surface area contributed by atoms with Crippen molar-refractivity contribution < 1.29 is 28.2 Å². The molecule has 11 nitrogen and oxygen atoms in total. The SMILES string of the molecule is CCOC(=O)c1sc2nc(CSc3nnc(-c4cc(OC)c(OC)c(OC)c4)o3)[nH]c(=O)c2c1C. The van der Waals surface area contributed by atoms with Crippen LogP contribution in [0.3, 0.4) is 0 Å². The van der Waals surface area contributed by atoms with Crippen LogP contribution in [0.25, 0.3) is 21.7 Å². The van der Waals surface area contributed by atoms with Crippen molar-refractivity contribution in [3.8, 4) is 28.7 Å². The van der Waals surface area contributed by atoms with Crippen molar-refractivity contribution >= 4 is 39.3 Å². The lowest BCUT2D eigenvalue weighted by Gasteiger charge is -2.12. The molecule has 0 aliphatic carbocycles. The van der Waals surface area contributed by atoms with Gasteiger partial charge in [-0.05, 0) is 31.5 Å². The van der Waals surface area contributed by atoms with Gasteiger partial charge in [-0.1, -0.05) is 11.8 Å². The molecule has 3 aromatic heterocycles. The number of fused-ring (bicyclic) bond motifs is 1. The third-order valence-electron chi connectivity index (χ3n) is 4.96. The summed E-state index contributed by atoms with van der Waals surface area (Å²) in [5.74, 6) is 1.85. The number of thioether (sulfide) groups is 1. The molecule has 0 saturated heterocycles. The highest BCUT2D eigenvalue weighted by Crippen LogP contribution is 2.41. The second-order valence-electron chi connectivity index (χ2n) is 7.05. The van der Waals surface area contributed by atoms with Gasteiger partial charge in [-0.2, -0.15) is 0 Å². The highest BCUT2D eigenvalue weighted by atomic mass is 32.2. The van der Waals surface area contributed by atoms with Gasteiger partial charge in [-0.25, -0.2) is 9.78 Å². The van der Waals surface area contributed by atoms with E-state index in [0.29, 0.717) is 49.3 Å². The Bertz CT molecular complexity index is 1420. The van der Waals surface area contributed by atoms with Crippen LogP contribution in [0.1, 0.15) is 28.0 Å². The third kappa shape index (κ3) is 4.82. The minimum absolute atomic E-state index is 0.250. The average Bonchev–Trinajstić information content (AvgIpc) is 3.46. The number of aromatic amines is 1. The fraction of sp³-hybridized carbons (Fsp3) is 0.318. The van der Waals surface area contributed by atoms with E-state index in [1.165, 1.54) is 33.1 Å². The van der Waals surface area contributed by atoms with E-state index in [2.05, 4.69) is 20.2 Å². The van der Waals surface area contributed by atoms with Crippen molar-refractivity contribution in [1.82, 2.24) is 20.2 Å². The summed E-state index contributed by atoms with van der Waals surface area (Å²) in [6.45, 7) is 3.69. The van der Waals surface area contributed by atoms with Gasteiger partial charge < -0.3 is 28.3 Å². The van der Waals surface area contributed by atoms with Gasteiger partial charge in [0.1, 0.15) is 15.5 Å². The zero-order valence-electron chi connectivity index (χ0n) is 19.6. The highest BCUT2D eigenvalue weighted by Gasteiger charge is 2.21. The number of H-pyrrole nitrogens is 1. The number of esters is 1. The maximum atomic E-state index is 12.7. The molecule has 1 N–H and O–H groups in total. The van der Waals surface area contributed by atoms with E-state index < -0.39 is 5.97 Å². The minimum atomic E-state index is -0.464. The Morgan fingerprint density at radius 1 is 1.14 bits per heavy atom. The lowest BCUT2D eigenvalue weighted by molar-refractivity contribution is 0.0531. The lowest BCUT2D eigenvalue weighted by Crippen LogP contribution is -2.11. The van der Waals surface area contributed by atoms with Crippen molar-refractivity contribution in [2.75, 3.05) is 27.9 Å². The molecule has 0 amide bonds. The molecule has 0 saturated carbocycles. The lowest BCUT2D eigenvalue weighted by atomic mass is 10.2. The number of hydrogen-bond acceptors (Lipinski definition) is 12. The Morgan fingerprint density at radius 2 is 1.86 bits per heavy atom. The predicted octanol–water partition coefficient (Wildman–Crippen LogP) is 3.84. The van der Waals surface area contributed by atoms with Gasteiger partial charge in [-0.3, -0.25) is 4.79 Å². The van der Waals surface area contributed by atoms with Crippen LogP contribution in [0.4, 0.5) is 0 Å². The van der Waals surface area contributed by atoms with Crippen LogP contribution in [0, 0.1) is 6.92 Å². The molecule has 0 radical (unpaired) electrons. The molecule has 0 fully saturated rings. The highest BCUT2D eigenvalue weighted by molar-refractivity contribution is 7.98. The molecule has 0 unspecified atom stereocenters. The summed E-state index contributed by atoms with van der Waals surface area (Å²) in [6, 6.07) is 3.41. The van der Waals surface area contributed by atoms with Crippen molar-refractivity contribution in [2.45, 2.75) is 24.8 Å². The number of carbonyl (C=O) groups excluding carboxylic acids is 1. The van der Waals surface area contributed by atoms with Crippen molar-refractivity contribution in [3.63, 3.8) is 0 Å². The van der Waals surface area contributed by atoms with Crippen molar-refractivity contribution in [1.29, 1.82) is 0 Å². The summed E-state index contributed by atoms with van der Waals surface area (Å²) in [7, 11) is 4.56. The number of aromatic nitrogens is 4. The third-order valence-corrected chi connectivity index (χ3v) is 6.96. The number of carbonyl (C=O) groups is 1. The number of thiophene rings is 1. The summed E-state index contributed by atoms with van der Waals surface area (Å²) >= 11 is 2.35. The van der Waals surface area contributed by atoms with Gasteiger partial charge in [-0.15, -0.1) is 21.5 Å². The van der Waals surface area contributed by atoms with E-state index in [0.717, 1.165) is 11.3 Å². The van der Waals surface area contributed by atoms with E-state index in [9.17, 15) is 9.59 Å². The smallest absolute Gasteiger partial charge is 0.348 e. The van der Waals surface area contributed by atoms with E-state index in [1.807, 2.05) is 0 Å². The van der Waals surface area contributed by atoms with Crippen LogP contribution >= 0.6 is 23.1 Å². The van der Waals surface area contributed by atoms with Gasteiger partial charge in [0, 0.05) is 5.56 Å². The first-order chi connectivity index (χ1) is 16.9. The number of aryl methyl sites for hydroxylation is 1. The molecule has 1 aromatic carbocycles. The molecule has 0 bridgehead atoms. The maximum Gasteiger partial charge on any atom is 0.348 e. The molecule has 0 aliphatic rings. The maximum absolute atomic E-state index is 12.7. The van der Waals surface area contributed by atoms with Gasteiger partial charge in [0.15, 0.2) is 11.5 Å². The fourth-order valence-corrected chi connectivity index (χ4v) is 5.10. The summed E-state index contributed by atoms with van der Waals surface area (Å²) in [5, 5.41) is 8.82. The number of nitrogens with zero attached hydrogens (tertiary/aromatic N) is 3. The van der Waals surface area contributed by atoms with E-state index >= 15 is 0 Å². The van der Waals surface area contributed by atoms with Gasteiger partial charge in [0.05, 0.1) is 39.1 Å². The van der Waals surface area contributed by atoms with E-state index in [1.54, 1.807) is 26.0 Å². The zero-order chi connectivity index (χ0) is 25.1. The molecule has 0 aliphatic heterocycles. The van der Waals surface area contributed by atoms with E-state index in [-0.39, 0.29) is 29.0 Å². The zero-order valence-corrected chi connectivity index (χ0v) is 21.2. The van der Waals surface area contributed by atoms with Crippen LogP contribution in [-0.4, -0.2) is 54.1 Å². The molecular weight excluding hydrogens is 496 g/mol. The summed E-state index contributed by atoms with van der Waals surface area (Å²) in [4.78, 5) is 32.9. The van der Waals surface area contributed by atoms with Gasteiger partial charge >= 0.3 is 5.97 Å². The van der Waals surface area contributed by atoms with Gasteiger partial charge in [0.2, 0.25) is 11.6 Å². The number of hydrogen-bond donors (Lipinski definition) is 1. The Balaban J connectivity index is 1.56. The molecule has 13 heteroatoms.